The number of ether oxygens (including phenoxy) is 2. The first-order valence-electron chi connectivity index (χ1n) is 8.81. The first-order chi connectivity index (χ1) is 14.2. The van der Waals surface area contributed by atoms with Gasteiger partial charge in [-0.1, -0.05) is 30.3 Å². The molecule has 0 unspecified atom stereocenters. The van der Waals surface area contributed by atoms with Crippen LogP contribution in [0.25, 0.3) is 10.6 Å². The lowest BCUT2D eigenvalue weighted by atomic mass is 10.2. The minimum Gasteiger partial charge on any atom is -0.469 e. The van der Waals surface area contributed by atoms with Crippen LogP contribution in [-0.2, 0) is 13.2 Å². The van der Waals surface area contributed by atoms with Crippen LogP contribution in [0.15, 0.2) is 59.3 Å². The zero-order valence-corrected chi connectivity index (χ0v) is 16.3. The molecule has 0 saturated carbocycles. The maximum atomic E-state index is 9.06. The van der Waals surface area contributed by atoms with Gasteiger partial charge in [-0.25, -0.2) is 9.97 Å². The second-order valence-electron chi connectivity index (χ2n) is 6.06. The molecule has 29 heavy (non-hydrogen) atoms. The van der Waals surface area contributed by atoms with Gasteiger partial charge >= 0.3 is 0 Å². The Balaban J connectivity index is 1.36. The number of nitriles is 1. The Morgan fingerprint density at radius 3 is 2.79 bits per heavy atom. The van der Waals surface area contributed by atoms with Crippen LogP contribution in [0.4, 0.5) is 0 Å². The van der Waals surface area contributed by atoms with E-state index in [1.165, 1.54) is 0 Å². The van der Waals surface area contributed by atoms with Crippen molar-refractivity contribution in [3.8, 4) is 28.4 Å². The third kappa shape index (κ3) is 4.42. The highest BCUT2D eigenvalue weighted by molar-refractivity contribution is 7.15. The molecular formula is C21H16N4O3S. The summed E-state index contributed by atoms with van der Waals surface area (Å²) < 4.78 is 16.5. The summed E-state index contributed by atoms with van der Waals surface area (Å²) in [5.74, 6) is 1.06. The molecule has 0 bridgehead atoms. The van der Waals surface area contributed by atoms with Crippen LogP contribution in [0, 0.1) is 18.3 Å². The van der Waals surface area contributed by atoms with Crippen molar-refractivity contribution in [2.24, 2.45) is 0 Å². The number of thiazole rings is 1. The van der Waals surface area contributed by atoms with E-state index in [4.69, 9.17) is 19.3 Å². The van der Waals surface area contributed by atoms with E-state index in [9.17, 15) is 0 Å². The van der Waals surface area contributed by atoms with E-state index >= 15 is 0 Å². The first kappa shape index (κ1) is 18.7. The number of benzene rings is 1. The molecule has 0 saturated heterocycles. The molecule has 3 aromatic heterocycles. The topological polar surface area (TPSA) is 94.1 Å². The Morgan fingerprint density at radius 2 is 1.97 bits per heavy atom. The molecule has 0 aliphatic heterocycles. The van der Waals surface area contributed by atoms with Crippen LogP contribution in [0.1, 0.15) is 21.9 Å². The van der Waals surface area contributed by atoms with E-state index in [1.807, 2.05) is 43.3 Å². The Labute approximate surface area is 171 Å². The van der Waals surface area contributed by atoms with Crippen molar-refractivity contribution in [1.29, 1.82) is 5.26 Å². The van der Waals surface area contributed by atoms with Gasteiger partial charge in [-0.3, -0.25) is 0 Å². The van der Waals surface area contributed by atoms with Crippen molar-refractivity contribution in [3.05, 3.63) is 76.6 Å². The van der Waals surface area contributed by atoms with Crippen LogP contribution in [0.3, 0.4) is 0 Å². The third-order valence-corrected chi connectivity index (χ3v) is 5.11. The van der Waals surface area contributed by atoms with E-state index in [0.29, 0.717) is 23.8 Å². The second kappa shape index (κ2) is 8.54. The molecule has 4 rings (SSSR count). The summed E-state index contributed by atoms with van der Waals surface area (Å²) in [5, 5.41) is 13.9. The van der Waals surface area contributed by atoms with Crippen molar-refractivity contribution in [1.82, 2.24) is 15.1 Å². The summed E-state index contributed by atoms with van der Waals surface area (Å²) in [4.78, 5) is 9.80. The SMILES string of the molecule is Cc1sc(-c2ccccc2)nc1COc1cc(COc2ncccc2C#N)on1. The third-order valence-electron chi connectivity index (χ3n) is 4.05. The molecule has 8 heteroatoms. The lowest BCUT2D eigenvalue weighted by molar-refractivity contribution is 0.229. The van der Waals surface area contributed by atoms with Gasteiger partial charge < -0.3 is 14.0 Å². The van der Waals surface area contributed by atoms with Crippen molar-refractivity contribution in [3.63, 3.8) is 0 Å². The fourth-order valence-corrected chi connectivity index (χ4v) is 3.49. The van der Waals surface area contributed by atoms with Crippen molar-refractivity contribution < 1.29 is 14.0 Å². The van der Waals surface area contributed by atoms with Gasteiger partial charge in [0.05, 0.1) is 5.69 Å². The van der Waals surface area contributed by atoms with Crippen molar-refractivity contribution >= 4 is 11.3 Å². The molecular weight excluding hydrogens is 388 g/mol. The number of aryl methyl sites for hydroxylation is 1. The van der Waals surface area contributed by atoms with Crippen LogP contribution in [0.2, 0.25) is 0 Å². The van der Waals surface area contributed by atoms with Gasteiger partial charge in [-0.2, -0.15) is 5.26 Å². The average molecular weight is 404 g/mol. The standard InChI is InChI=1S/C21H16N4O3S/c1-14-18(24-21(29-14)15-6-3-2-4-7-15)13-26-19-10-17(28-25-19)12-27-20-16(11-22)8-5-9-23-20/h2-10H,12-13H2,1H3. The molecule has 0 aliphatic rings. The van der Waals surface area contributed by atoms with Gasteiger partial charge in [0.15, 0.2) is 12.4 Å². The summed E-state index contributed by atoms with van der Waals surface area (Å²) in [6.45, 7) is 2.40. The van der Waals surface area contributed by atoms with Crippen LogP contribution in [-0.4, -0.2) is 15.1 Å². The number of hydrogen-bond donors (Lipinski definition) is 0. The van der Waals surface area contributed by atoms with Crippen LogP contribution in [0.5, 0.6) is 11.8 Å². The lowest BCUT2D eigenvalue weighted by Crippen LogP contribution is -1.98. The maximum absolute atomic E-state index is 9.06. The molecule has 0 N–H and O–H groups in total. The smallest absolute Gasteiger partial charge is 0.254 e. The highest BCUT2D eigenvalue weighted by atomic mass is 32.1. The van der Waals surface area contributed by atoms with Crippen LogP contribution < -0.4 is 9.47 Å². The van der Waals surface area contributed by atoms with Gasteiger partial charge in [-0.05, 0) is 24.2 Å². The zero-order chi connectivity index (χ0) is 20.1. The van der Waals surface area contributed by atoms with E-state index in [-0.39, 0.29) is 12.5 Å². The molecule has 0 atom stereocenters. The number of aromatic nitrogens is 3. The van der Waals surface area contributed by atoms with E-state index in [2.05, 4.69) is 15.1 Å². The number of pyridine rings is 1. The summed E-state index contributed by atoms with van der Waals surface area (Å²) in [7, 11) is 0. The molecule has 1 aromatic carbocycles. The highest BCUT2D eigenvalue weighted by Crippen LogP contribution is 2.28. The summed E-state index contributed by atoms with van der Waals surface area (Å²) >= 11 is 1.63. The van der Waals surface area contributed by atoms with E-state index in [0.717, 1.165) is 21.1 Å². The number of nitrogens with zero attached hydrogens (tertiary/aromatic N) is 4. The quantitative estimate of drug-likeness (QED) is 0.446. The molecule has 0 spiro atoms. The average Bonchev–Trinajstić information content (AvgIpc) is 3.38. The Kier molecular flexibility index (Phi) is 5.49. The zero-order valence-electron chi connectivity index (χ0n) is 15.5. The fourth-order valence-electron chi connectivity index (χ4n) is 2.57. The molecule has 0 fully saturated rings. The highest BCUT2D eigenvalue weighted by Gasteiger charge is 2.13. The monoisotopic (exact) mass is 404 g/mol. The van der Waals surface area contributed by atoms with Gasteiger partial charge in [0.25, 0.3) is 5.88 Å². The molecule has 0 amide bonds. The van der Waals surface area contributed by atoms with Crippen molar-refractivity contribution in [2.75, 3.05) is 0 Å². The van der Waals surface area contributed by atoms with Gasteiger partial charge in [0, 0.05) is 22.7 Å². The normalized spacial score (nSPS) is 10.5. The predicted octanol–water partition coefficient (Wildman–Crippen LogP) is 4.53. The molecule has 7 nitrogen and oxygen atoms in total. The largest absolute Gasteiger partial charge is 0.469 e. The molecule has 3 heterocycles. The molecule has 144 valence electrons. The summed E-state index contributed by atoms with van der Waals surface area (Å²) in [5.41, 5.74) is 2.30. The fraction of sp³-hybridized carbons (Fsp3) is 0.143. The van der Waals surface area contributed by atoms with E-state index in [1.54, 1.807) is 35.7 Å². The Hall–Kier alpha value is -3.70. The second-order valence-corrected chi connectivity index (χ2v) is 7.27. The Morgan fingerprint density at radius 1 is 1.10 bits per heavy atom. The molecule has 4 aromatic rings. The first-order valence-corrected chi connectivity index (χ1v) is 9.62. The number of hydrogen-bond acceptors (Lipinski definition) is 8. The van der Waals surface area contributed by atoms with Gasteiger partial charge in [-0.15, -0.1) is 11.3 Å². The predicted molar refractivity (Wildman–Crippen MR) is 106 cm³/mol. The van der Waals surface area contributed by atoms with Gasteiger partial charge in [0.2, 0.25) is 5.88 Å². The molecule has 0 radical (unpaired) electrons. The Bertz CT molecular complexity index is 1150. The summed E-state index contributed by atoms with van der Waals surface area (Å²) in [6, 6.07) is 17.0. The van der Waals surface area contributed by atoms with E-state index < -0.39 is 0 Å². The maximum Gasteiger partial charge on any atom is 0.254 e. The summed E-state index contributed by atoms with van der Waals surface area (Å²) in [6.07, 6.45) is 1.56. The van der Waals surface area contributed by atoms with Crippen LogP contribution >= 0.6 is 11.3 Å². The molecule has 0 aliphatic carbocycles. The minimum absolute atomic E-state index is 0.0932. The lowest BCUT2D eigenvalue weighted by Gasteiger charge is -2.03. The minimum atomic E-state index is 0.0932. The van der Waals surface area contributed by atoms with Crippen molar-refractivity contribution in [2.45, 2.75) is 20.1 Å². The van der Waals surface area contributed by atoms with Gasteiger partial charge in [0.1, 0.15) is 23.2 Å². The number of rotatable bonds is 7.